The van der Waals surface area contributed by atoms with E-state index in [1.54, 1.807) is 0 Å². The summed E-state index contributed by atoms with van der Waals surface area (Å²) in [6.07, 6.45) is 0. The maximum Gasteiger partial charge on any atom is 0.327 e. The second-order valence-corrected chi connectivity index (χ2v) is 2.53. The summed E-state index contributed by atoms with van der Waals surface area (Å²) in [5, 5.41) is 11.6. The van der Waals surface area contributed by atoms with Gasteiger partial charge in [0.2, 0.25) is 0 Å². The van der Waals surface area contributed by atoms with Crippen LogP contribution in [0.5, 0.6) is 0 Å². The average Bonchev–Trinajstić information content (AvgIpc) is 2.13. The molecule has 3 N–H and O–H groups in total. The number of carbonyl (C=O) groups is 2. The Morgan fingerprint density at radius 3 is 2.64 bits per heavy atom. The third kappa shape index (κ3) is 5.04. The molecule has 0 aromatic heterocycles. The molecule has 8 nitrogen and oxygen atoms in total. The number of nitrogens with zero attached hydrogens (tertiary/aromatic N) is 2. The van der Waals surface area contributed by atoms with Gasteiger partial charge in [-0.05, 0) is 0 Å². The zero-order valence-electron chi connectivity index (χ0n) is 7.54. The van der Waals surface area contributed by atoms with Gasteiger partial charge in [0.15, 0.2) is 0 Å². The van der Waals surface area contributed by atoms with Crippen molar-refractivity contribution in [3.63, 3.8) is 0 Å². The first kappa shape index (κ1) is 12.3. The molecule has 0 heterocycles. The monoisotopic (exact) mass is 205 g/mol. The molecule has 0 saturated carbocycles. The molecule has 8 heteroatoms. The van der Waals surface area contributed by atoms with E-state index in [4.69, 9.17) is 10.8 Å². The van der Waals surface area contributed by atoms with Crippen molar-refractivity contribution in [3.05, 3.63) is 4.91 Å². The third-order valence-electron chi connectivity index (χ3n) is 1.24. The Kier molecular flexibility index (Phi) is 5.15. The van der Waals surface area contributed by atoms with E-state index in [9.17, 15) is 14.5 Å². The van der Waals surface area contributed by atoms with Gasteiger partial charge in [-0.2, -0.15) is 0 Å². The molecule has 0 aromatic rings. The molecule has 0 saturated heterocycles. The standard InChI is InChI=1S/C6H11N3O5/c1-9(8-13)2-5(10)14-3-4(7)6(11)12/h4H,2-3,7H2,1H3,(H,11,12)/t4-/m0/s1. The van der Waals surface area contributed by atoms with Crippen molar-refractivity contribution in [2.24, 2.45) is 11.0 Å². The van der Waals surface area contributed by atoms with Crippen molar-refractivity contribution in [3.8, 4) is 0 Å². The minimum absolute atomic E-state index is 0.337. The third-order valence-corrected chi connectivity index (χ3v) is 1.24. The lowest BCUT2D eigenvalue weighted by molar-refractivity contribution is -0.148. The van der Waals surface area contributed by atoms with Gasteiger partial charge >= 0.3 is 11.9 Å². The first-order valence-electron chi connectivity index (χ1n) is 3.65. The van der Waals surface area contributed by atoms with Crippen molar-refractivity contribution in [1.82, 2.24) is 5.01 Å². The summed E-state index contributed by atoms with van der Waals surface area (Å²) >= 11 is 0. The molecular weight excluding hydrogens is 194 g/mol. The Labute approximate surface area is 79.6 Å². The van der Waals surface area contributed by atoms with Crippen LogP contribution >= 0.6 is 0 Å². The van der Waals surface area contributed by atoms with Crippen LogP contribution in [0, 0.1) is 4.91 Å². The molecule has 0 amide bonds. The van der Waals surface area contributed by atoms with Crippen molar-refractivity contribution in [2.45, 2.75) is 6.04 Å². The van der Waals surface area contributed by atoms with E-state index in [-0.39, 0.29) is 6.54 Å². The molecule has 0 fully saturated rings. The van der Waals surface area contributed by atoms with Gasteiger partial charge in [0, 0.05) is 7.05 Å². The number of rotatable bonds is 6. The molecule has 0 unspecified atom stereocenters. The lowest BCUT2D eigenvalue weighted by atomic mass is 10.3. The lowest BCUT2D eigenvalue weighted by Crippen LogP contribution is -2.37. The second kappa shape index (κ2) is 5.86. The van der Waals surface area contributed by atoms with Crippen LogP contribution in [0.2, 0.25) is 0 Å². The maximum atomic E-state index is 10.8. The van der Waals surface area contributed by atoms with Crippen molar-refractivity contribution in [2.75, 3.05) is 20.2 Å². The maximum absolute atomic E-state index is 10.8. The molecule has 0 spiro atoms. The molecule has 14 heavy (non-hydrogen) atoms. The molecule has 0 aliphatic heterocycles. The Morgan fingerprint density at radius 1 is 1.64 bits per heavy atom. The number of carbonyl (C=O) groups excluding carboxylic acids is 1. The lowest BCUT2D eigenvalue weighted by Gasteiger charge is -2.10. The van der Waals surface area contributed by atoms with E-state index >= 15 is 0 Å². The minimum Gasteiger partial charge on any atom is -0.480 e. The summed E-state index contributed by atoms with van der Waals surface area (Å²) in [5.41, 5.74) is 5.05. The Morgan fingerprint density at radius 2 is 2.21 bits per heavy atom. The normalized spacial score (nSPS) is 11.6. The van der Waals surface area contributed by atoms with Gasteiger partial charge in [-0.15, -0.1) is 4.91 Å². The van der Waals surface area contributed by atoms with E-state index < -0.39 is 24.6 Å². The zero-order valence-corrected chi connectivity index (χ0v) is 7.54. The van der Waals surface area contributed by atoms with Gasteiger partial charge in [0.25, 0.3) is 0 Å². The van der Waals surface area contributed by atoms with Crippen LogP contribution < -0.4 is 5.73 Å². The first-order valence-corrected chi connectivity index (χ1v) is 3.65. The molecular formula is C6H11N3O5. The minimum atomic E-state index is -1.26. The number of ether oxygens (including phenoxy) is 1. The summed E-state index contributed by atoms with van der Waals surface area (Å²) in [6, 6.07) is -1.26. The number of hydrogen-bond donors (Lipinski definition) is 2. The van der Waals surface area contributed by atoms with E-state index in [2.05, 4.69) is 10.0 Å². The number of aliphatic carboxylic acids is 1. The van der Waals surface area contributed by atoms with E-state index in [1.165, 1.54) is 7.05 Å². The van der Waals surface area contributed by atoms with Gasteiger partial charge < -0.3 is 15.6 Å². The Hall–Kier alpha value is -1.70. The quantitative estimate of drug-likeness (QED) is 0.309. The smallest absolute Gasteiger partial charge is 0.327 e. The molecule has 0 aliphatic carbocycles. The Balaban J connectivity index is 3.74. The van der Waals surface area contributed by atoms with E-state index in [0.717, 1.165) is 5.01 Å². The molecule has 1 atom stereocenters. The SMILES string of the molecule is CN(CC(=O)OC[C@H](N)C(=O)O)N=O. The number of likely N-dealkylation sites (N-methyl/N-ethyl adjacent to an activating group) is 1. The van der Waals surface area contributed by atoms with Crippen LogP contribution in [0.1, 0.15) is 0 Å². The summed E-state index contributed by atoms with van der Waals surface area (Å²) in [5.74, 6) is -2.02. The number of nitroso groups, excluding NO2 is 1. The predicted octanol–water partition coefficient (Wildman–Crippen LogP) is -1.45. The van der Waals surface area contributed by atoms with E-state index in [0.29, 0.717) is 0 Å². The van der Waals surface area contributed by atoms with Gasteiger partial charge in [-0.25, -0.2) is 0 Å². The fourth-order valence-corrected chi connectivity index (χ4v) is 0.515. The number of carboxylic acids is 1. The molecule has 0 radical (unpaired) electrons. The number of nitrogens with two attached hydrogens (primary N) is 1. The highest BCUT2D eigenvalue weighted by Gasteiger charge is 2.14. The number of esters is 1. The number of hydrogen-bond acceptors (Lipinski definition) is 6. The summed E-state index contributed by atoms with van der Waals surface area (Å²) in [7, 11) is 1.28. The fourth-order valence-electron chi connectivity index (χ4n) is 0.515. The molecule has 80 valence electrons. The average molecular weight is 205 g/mol. The predicted molar refractivity (Wildman–Crippen MR) is 45.0 cm³/mol. The highest BCUT2D eigenvalue weighted by Crippen LogP contribution is 1.88. The second-order valence-electron chi connectivity index (χ2n) is 2.53. The molecule has 0 aliphatic rings. The Bertz CT molecular complexity index is 232. The fraction of sp³-hybridized carbons (Fsp3) is 0.667. The van der Waals surface area contributed by atoms with Crippen LogP contribution in [0.25, 0.3) is 0 Å². The summed E-state index contributed by atoms with van der Waals surface area (Å²) in [6.45, 7) is -0.767. The van der Waals surface area contributed by atoms with Crippen LogP contribution in [-0.4, -0.2) is 48.3 Å². The van der Waals surface area contributed by atoms with Crippen molar-refractivity contribution in [1.29, 1.82) is 0 Å². The van der Waals surface area contributed by atoms with Gasteiger partial charge in [-0.1, -0.05) is 0 Å². The summed E-state index contributed by atoms with van der Waals surface area (Å²) < 4.78 is 4.45. The topological polar surface area (TPSA) is 122 Å². The largest absolute Gasteiger partial charge is 0.480 e. The van der Waals surface area contributed by atoms with Crippen molar-refractivity contribution < 1.29 is 19.4 Å². The van der Waals surface area contributed by atoms with Gasteiger partial charge in [-0.3, -0.25) is 14.6 Å². The zero-order chi connectivity index (χ0) is 11.1. The first-order chi connectivity index (χ1) is 6.47. The summed E-state index contributed by atoms with van der Waals surface area (Å²) in [4.78, 5) is 30.9. The van der Waals surface area contributed by atoms with E-state index in [1.807, 2.05) is 0 Å². The highest BCUT2D eigenvalue weighted by atomic mass is 16.5. The highest BCUT2D eigenvalue weighted by molar-refractivity contribution is 5.75. The molecule has 0 aromatic carbocycles. The van der Waals surface area contributed by atoms with Crippen molar-refractivity contribution >= 4 is 11.9 Å². The van der Waals surface area contributed by atoms with Gasteiger partial charge in [0.1, 0.15) is 19.2 Å². The molecule has 0 bridgehead atoms. The van der Waals surface area contributed by atoms with Crippen LogP contribution in [0.4, 0.5) is 0 Å². The van der Waals surface area contributed by atoms with Gasteiger partial charge in [0.05, 0.1) is 5.29 Å². The van der Waals surface area contributed by atoms with Crippen LogP contribution in [-0.2, 0) is 14.3 Å². The van der Waals surface area contributed by atoms with Crippen LogP contribution in [0.15, 0.2) is 5.29 Å². The number of carboxylic acid groups (broad SMARTS) is 1. The molecule has 0 rings (SSSR count). The van der Waals surface area contributed by atoms with Crippen LogP contribution in [0.3, 0.4) is 0 Å².